The Balaban J connectivity index is 1.01. The molecular formula is C69H62O14. The second-order valence-corrected chi connectivity index (χ2v) is 19.8. The lowest BCUT2D eigenvalue weighted by Gasteiger charge is -2.45. The molecule has 0 saturated carbocycles. The topological polar surface area (TPSA) is 164 Å². The smallest absolute Gasteiger partial charge is 0.338 e. The van der Waals surface area contributed by atoms with Crippen LogP contribution in [0.25, 0.3) is 22.3 Å². The third kappa shape index (κ3) is 15.8. The monoisotopic (exact) mass is 1110 g/mol. The van der Waals surface area contributed by atoms with Gasteiger partial charge in [0.25, 0.3) is 0 Å². The molecule has 1 aromatic heterocycles. The Kier molecular flexibility index (Phi) is 19.9. The molecule has 0 aliphatic carbocycles. The lowest BCUT2D eigenvalue weighted by Crippen LogP contribution is -2.63. The average molecular weight is 1120 g/mol. The molecule has 9 aromatic rings. The zero-order valence-electron chi connectivity index (χ0n) is 45.5. The summed E-state index contributed by atoms with van der Waals surface area (Å²) < 4.78 is 65.0. The van der Waals surface area contributed by atoms with Crippen LogP contribution in [0.2, 0.25) is 0 Å². The van der Waals surface area contributed by atoms with E-state index in [2.05, 4.69) is 0 Å². The Morgan fingerprint density at radius 3 is 1.45 bits per heavy atom. The van der Waals surface area contributed by atoms with E-state index >= 15 is 0 Å². The van der Waals surface area contributed by atoms with E-state index < -0.39 is 54.0 Å². The highest BCUT2D eigenvalue weighted by Gasteiger charge is 2.53. The van der Waals surface area contributed by atoms with Crippen molar-refractivity contribution >= 4 is 28.9 Å². The Bertz CT molecular complexity index is 3560. The first-order chi connectivity index (χ1) is 40.8. The largest absolute Gasteiger partial charge is 0.485 e. The number of carbonyl (C=O) groups excluding carboxylic acids is 3. The predicted molar refractivity (Wildman–Crippen MR) is 310 cm³/mol. The number of hydrogen-bond acceptors (Lipinski definition) is 14. The number of carbonyl (C=O) groups is 3. The fourth-order valence-corrected chi connectivity index (χ4v) is 9.40. The molecule has 83 heavy (non-hydrogen) atoms. The van der Waals surface area contributed by atoms with Crippen molar-refractivity contribution in [1.29, 1.82) is 0 Å². The summed E-state index contributed by atoms with van der Waals surface area (Å²) in [6.07, 6.45) is -5.60. The molecule has 5 atom stereocenters. The Labute approximate surface area is 481 Å². The minimum atomic E-state index is -1.45. The first kappa shape index (κ1) is 57.1. The minimum Gasteiger partial charge on any atom is -0.485 e. The molecule has 422 valence electrons. The van der Waals surface area contributed by atoms with Crippen molar-refractivity contribution in [3.8, 4) is 28.6 Å². The van der Waals surface area contributed by atoms with Gasteiger partial charge in [0.05, 0.1) is 25.2 Å². The minimum absolute atomic E-state index is 0.0624. The van der Waals surface area contributed by atoms with Gasteiger partial charge < -0.3 is 47.0 Å². The maximum atomic E-state index is 14.8. The second-order valence-electron chi connectivity index (χ2n) is 19.8. The van der Waals surface area contributed by atoms with Gasteiger partial charge in [-0.25, -0.2) is 4.79 Å². The first-order valence-corrected chi connectivity index (χ1v) is 27.6. The van der Waals surface area contributed by atoms with Crippen LogP contribution in [0.4, 0.5) is 0 Å². The molecule has 0 bridgehead atoms. The van der Waals surface area contributed by atoms with Gasteiger partial charge in [-0.15, -0.1) is 0 Å². The van der Waals surface area contributed by atoms with Gasteiger partial charge in [-0.3, -0.25) is 14.4 Å². The lowest BCUT2D eigenvalue weighted by atomic mass is 9.97. The third-order valence-electron chi connectivity index (χ3n) is 13.7. The van der Waals surface area contributed by atoms with Crippen LogP contribution in [0, 0.1) is 0 Å². The third-order valence-corrected chi connectivity index (χ3v) is 13.7. The fourth-order valence-electron chi connectivity index (χ4n) is 9.40. The molecule has 0 amide bonds. The van der Waals surface area contributed by atoms with Gasteiger partial charge in [0.15, 0.2) is 23.4 Å². The van der Waals surface area contributed by atoms with Crippen molar-refractivity contribution in [1.82, 2.24) is 0 Å². The van der Waals surface area contributed by atoms with Crippen LogP contribution >= 0.6 is 0 Å². The van der Waals surface area contributed by atoms with Gasteiger partial charge in [0.2, 0.25) is 17.5 Å². The van der Waals surface area contributed by atoms with Crippen LogP contribution in [0.5, 0.6) is 17.2 Å². The molecule has 2 heterocycles. The van der Waals surface area contributed by atoms with Gasteiger partial charge in [-0.1, -0.05) is 194 Å². The van der Waals surface area contributed by atoms with Crippen molar-refractivity contribution in [3.63, 3.8) is 0 Å². The molecule has 0 N–H and O–H groups in total. The fraction of sp³-hybridized carbons (Fsp3) is 0.217. The molecule has 8 aromatic carbocycles. The van der Waals surface area contributed by atoms with Crippen molar-refractivity contribution in [2.75, 3.05) is 0 Å². The maximum absolute atomic E-state index is 14.8. The molecule has 0 radical (unpaired) electrons. The van der Waals surface area contributed by atoms with Gasteiger partial charge in [-0.05, 0) is 76.6 Å². The molecule has 5 unspecified atom stereocenters. The highest BCUT2D eigenvalue weighted by atomic mass is 16.7. The number of para-hydroxylation sites is 1. The molecule has 0 spiro atoms. The summed E-state index contributed by atoms with van der Waals surface area (Å²) in [4.78, 5) is 55.6. The van der Waals surface area contributed by atoms with Gasteiger partial charge in [0, 0.05) is 18.4 Å². The molecule has 1 aliphatic heterocycles. The number of unbranched alkanes of at least 4 members (excludes halogenated alkanes) is 1. The van der Waals surface area contributed by atoms with Crippen molar-refractivity contribution in [2.45, 2.75) is 96.0 Å². The number of esters is 3. The first-order valence-electron chi connectivity index (χ1n) is 27.6. The van der Waals surface area contributed by atoms with Crippen molar-refractivity contribution in [3.05, 3.63) is 268 Å². The highest BCUT2D eigenvalue weighted by Crippen LogP contribution is 2.41. The van der Waals surface area contributed by atoms with E-state index in [1.165, 1.54) is 0 Å². The van der Waals surface area contributed by atoms with Gasteiger partial charge in [-0.2, -0.15) is 0 Å². The van der Waals surface area contributed by atoms with Crippen LogP contribution in [-0.2, 0) is 82.4 Å². The molecule has 1 aliphatic rings. The number of ether oxygens (including phenoxy) is 9. The molecule has 10 rings (SSSR count). The van der Waals surface area contributed by atoms with E-state index in [0.717, 1.165) is 33.4 Å². The van der Waals surface area contributed by atoms with Crippen molar-refractivity contribution in [2.24, 2.45) is 0 Å². The summed E-state index contributed by atoms with van der Waals surface area (Å²) in [6, 6.07) is 68.5. The summed E-state index contributed by atoms with van der Waals surface area (Å²) in [5, 5.41) is 0.185. The lowest BCUT2D eigenvalue weighted by molar-refractivity contribution is -0.302. The Morgan fingerprint density at radius 2 is 0.892 bits per heavy atom. The standard InChI is InChI=1S/C69H62O14/c70-59(75-43-49-25-9-2-10-26-49)37-21-22-38-60(71)82-63-61(72)55-35-19-20-36-56(55)80-62(63)54-39-40-57(74-42-48-23-7-1-8-24-48)58(41-54)81-69-67(78-46-52-31-15-5-16-32-52)65(77-45-51-29-13-4-14-30-51)64(76-44-50-27-11-3-12-28-50)66(83-69)68(73)79-47-53-33-17-6-18-34-53/h1-20,23-36,39-41,64-67,69H,21-22,37-38,42-47H2. The van der Waals surface area contributed by atoms with Crippen molar-refractivity contribution < 1.29 is 61.4 Å². The summed E-state index contributed by atoms with van der Waals surface area (Å²) in [7, 11) is 0. The SMILES string of the molecule is O=C(CCCCC(=O)Oc1c(-c2ccc(OCc3ccccc3)c(OC3OC(C(=O)OCc4ccccc4)C(OCc4ccccc4)C(OCc4ccccc4)C3OCc3ccccc3)c2)oc2ccccc2c1=O)OCc1ccccc1. The summed E-state index contributed by atoms with van der Waals surface area (Å²) in [5.41, 5.74) is 4.90. The van der Waals surface area contributed by atoms with E-state index in [1.807, 2.05) is 182 Å². The number of benzene rings is 8. The summed E-state index contributed by atoms with van der Waals surface area (Å²) >= 11 is 0. The molecule has 14 nitrogen and oxygen atoms in total. The van der Waals surface area contributed by atoms with Crippen LogP contribution in [0.15, 0.2) is 234 Å². The summed E-state index contributed by atoms with van der Waals surface area (Å²) in [6.45, 7) is 0.428. The maximum Gasteiger partial charge on any atom is 0.338 e. The average Bonchev–Trinajstić information content (AvgIpc) is 3.73. The van der Waals surface area contributed by atoms with E-state index in [0.29, 0.717) is 6.42 Å². The predicted octanol–water partition coefficient (Wildman–Crippen LogP) is 12.9. The zero-order chi connectivity index (χ0) is 57.0. The van der Waals surface area contributed by atoms with E-state index in [9.17, 15) is 19.2 Å². The van der Waals surface area contributed by atoms with Gasteiger partial charge in [0.1, 0.15) is 43.7 Å². The highest BCUT2D eigenvalue weighted by molar-refractivity contribution is 5.85. The molecular weight excluding hydrogens is 1050 g/mol. The number of fused-ring (bicyclic) bond motifs is 1. The molecule has 1 fully saturated rings. The molecule has 1 saturated heterocycles. The van der Waals surface area contributed by atoms with E-state index in [1.54, 1.807) is 42.5 Å². The van der Waals surface area contributed by atoms with Crippen LogP contribution in [0.3, 0.4) is 0 Å². The van der Waals surface area contributed by atoms with Crippen LogP contribution in [0.1, 0.15) is 59.1 Å². The van der Waals surface area contributed by atoms with E-state index in [4.69, 9.17) is 47.0 Å². The van der Waals surface area contributed by atoms with E-state index in [-0.39, 0.29) is 98.4 Å². The number of rotatable bonds is 26. The quantitative estimate of drug-likeness (QED) is 0.0371. The van der Waals surface area contributed by atoms with Crippen LogP contribution in [-0.4, -0.2) is 48.6 Å². The van der Waals surface area contributed by atoms with Crippen LogP contribution < -0.4 is 19.6 Å². The van der Waals surface area contributed by atoms with Gasteiger partial charge >= 0.3 is 17.9 Å². The summed E-state index contributed by atoms with van der Waals surface area (Å²) in [5.74, 6) is -1.97. The molecule has 14 heteroatoms. The Morgan fingerprint density at radius 1 is 0.434 bits per heavy atom. The zero-order valence-corrected chi connectivity index (χ0v) is 45.5. The normalized spacial score (nSPS) is 16.6. The Hall–Kier alpha value is -9.18. The second kappa shape index (κ2) is 29.0. The number of hydrogen-bond donors (Lipinski definition) is 0.